The summed E-state index contributed by atoms with van der Waals surface area (Å²) in [5, 5.41) is 6.41. The maximum atomic E-state index is 4.23. The van der Waals surface area contributed by atoms with Gasteiger partial charge in [-0.05, 0) is 28.8 Å². The SMILES string of the molecule is CCC(C)C(C)Nc1ncnc(NC)c1Br. The summed E-state index contributed by atoms with van der Waals surface area (Å²) in [4.78, 5) is 8.36. The Hall–Kier alpha value is -0.840. The molecular weight excluding hydrogens is 268 g/mol. The fourth-order valence-electron chi connectivity index (χ4n) is 1.36. The van der Waals surface area contributed by atoms with Crippen molar-refractivity contribution in [3.63, 3.8) is 0 Å². The minimum absolute atomic E-state index is 0.390. The molecule has 0 aliphatic carbocycles. The second-order valence-electron chi connectivity index (χ2n) is 3.95. The van der Waals surface area contributed by atoms with Crippen LogP contribution >= 0.6 is 15.9 Å². The van der Waals surface area contributed by atoms with Crippen LogP contribution in [0.3, 0.4) is 0 Å². The van der Waals surface area contributed by atoms with Crippen LogP contribution in [0.2, 0.25) is 0 Å². The highest BCUT2D eigenvalue weighted by Crippen LogP contribution is 2.27. The topological polar surface area (TPSA) is 49.8 Å². The highest BCUT2D eigenvalue weighted by Gasteiger charge is 2.13. The van der Waals surface area contributed by atoms with Gasteiger partial charge >= 0.3 is 0 Å². The average Bonchev–Trinajstić information content (AvgIpc) is 2.30. The van der Waals surface area contributed by atoms with Gasteiger partial charge in [0.05, 0.1) is 0 Å². The van der Waals surface area contributed by atoms with Crippen LogP contribution in [0.25, 0.3) is 0 Å². The third-order valence-electron chi connectivity index (χ3n) is 2.89. The molecule has 0 saturated heterocycles. The summed E-state index contributed by atoms with van der Waals surface area (Å²) in [6, 6.07) is 0.390. The first-order valence-electron chi connectivity index (χ1n) is 5.54. The molecule has 4 nitrogen and oxygen atoms in total. The minimum atomic E-state index is 0.390. The fraction of sp³-hybridized carbons (Fsp3) is 0.636. The number of halogens is 1. The van der Waals surface area contributed by atoms with E-state index in [9.17, 15) is 0 Å². The Kier molecular flexibility index (Phi) is 4.99. The summed E-state index contributed by atoms with van der Waals surface area (Å²) >= 11 is 3.49. The lowest BCUT2D eigenvalue weighted by Crippen LogP contribution is -2.24. The van der Waals surface area contributed by atoms with E-state index in [2.05, 4.69) is 57.3 Å². The second-order valence-corrected chi connectivity index (χ2v) is 4.75. The lowest BCUT2D eigenvalue weighted by Gasteiger charge is -2.21. The molecule has 1 aromatic heterocycles. The molecule has 0 spiro atoms. The molecule has 1 rings (SSSR count). The number of nitrogens with zero attached hydrogens (tertiary/aromatic N) is 2. The van der Waals surface area contributed by atoms with E-state index < -0.39 is 0 Å². The van der Waals surface area contributed by atoms with Crippen LogP contribution in [0.1, 0.15) is 27.2 Å². The molecule has 1 aromatic rings. The van der Waals surface area contributed by atoms with Gasteiger partial charge in [-0.25, -0.2) is 9.97 Å². The predicted octanol–water partition coefficient (Wildman–Crippen LogP) is 3.13. The Morgan fingerprint density at radius 2 is 1.94 bits per heavy atom. The molecule has 2 N–H and O–H groups in total. The lowest BCUT2D eigenvalue weighted by molar-refractivity contribution is 0.493. The first-order chi connectivity index (χ1) is 7.60. The zero-order valence-electron chi connectivity index (χ0n) is 10.2. The van der Waals surface area contributed by atoms with Gasteiger partial charge in [0, 0.05) is 13.1 Å². The summed E-state index contributed by atoms with van der Waals surface area (Å²) in [5.41, 5.74) is 0. The monoisotopic (exact) mass is 286 g/mol. The van der Waals surface area contributed by atoms with Gasteiger partial charge < -0.3 is 10.6 Å². The van der Waals surface area contributed by atoms with E-state index in [-0.39, 0.29) is 0 Å². The zero-order chi connectivity index (χ0) is 12.1. The van der Waals surface area contributed by atoms with E-state index in [0.717, 1.165) is 22.5 Å². The Morgan fingerprint density at radius 3 is 2.50 bits per heavy atom. The van der Waals surface area contributed by atoms with Gasteiger partial charge in [-0.1, -0.05) is 20.3 Å². The van der Waals surface area contributed by atoms with E-state index in [0.29, 0.717) is 12.0 Å². The van der Waals surface area contributed by atoms with Gasteiger partial charge in [0.2, 0.25) is 0 Å². The number of rotatable bonds is 5. The molecular formula is C11H19BrN4. The Bertz CT molecular complexity index is 343. The minimum Gasteiger partial charge on any atom is -0.372 e. The number of hydrogen-bond donors (Lipinski definition) is 2. The van der Waals surface area contributed by atoms with E-state index >= 15 is 0 Å². The maximum Gasteiger partial charge on any atom is 0.146 e. The quantitative estimate of drug-likeness (QED) is 0.873. The van der Waals surface area contributed by atoms with E-state index in [1.54, 1.807) is 6.33 Å². The summed E-state index contributed by atoms with van der Waals surface area (Å²) in [7, 11) is 1.84. The molecule has 0 aliphatic heterocycles. The van der Waals surface area contributed by atoms with E-state index in [1.165, 1.54) is 0 Å². The first kappa shape index (κ1) is 13.2. The Morgan fingerprint density at radius 1 is 1.31 bits per heavy atom. The number of anilines is 2. The van der Waals surface area contributed by atoms with Gasteiger partial charge in [-0.3, -0.25) is 0 Å². The molecule has 90 valence electrons. The number of nitrogens with one attached hydrogen (secondary N) is 2. The smallest absolute Gasteiger partial charge is 0.146 e. The van der Waals surface area contributed by atoms with Gasteiger partial charge in [-0.2, -0.15) is 0 Å². The highest BCUT2D eigenvalue weighted by molar-refractivity contribution is 9.10. The molecule has 16 heavy (non-hydrogen) atoms. The van der Waals surface area contributed by atoms with E-state index in [4.69, 9.17) is 0 Å². The zero-order valence-corrected chi connectivity index (χ0v) is 11.8. The van der Waals surface area contributed by atoms with Crippen molar-refractivity contribution in [2.75, 3.05) is 17.7 Å². The molecule has 1 heterocycles. The van der Waals surface area contributed by atoms with Gasteiger partial charge in [0.25, 0.3) is 0 Å². The third kappa shape index (κ3) is 3.07. The first-order valence-corrected chi connectivity index (χ1v) is 6.34. The van der Waals surface area contributed by atoms with Crippen LogP contribution in [0.4, 0.5) is 11.6 Å². The Labute approximate surface area is 105 Å². The third-order valence-corrected chi connectivity index (χ3v) is 3.64. The van der Waals surface area contributed by atoms with Crippen molar-refractivity contribution in [2.45, 2.75) is 33.2 Å². The van der Waals surface area contributed by atoms with Crippen molar-refractivity contribution >= 4 is 27.6 Å². The van der Waals surface area contributed by atoms with Gasteiger partial charge in [-0.15, -0.1) is 0 Å². The molecule has 0 amide bonds. The standard InChI is InChI=1S/C11H19BrN4/c1-5-7(2)8(3)16-11-9(12)10(13-4)14-6-15-11/h6-8H,5H2,1-4H3,(H2,13,14,15,16). The molecule has 0 saturated carbocycles. The van der Waals surface area contributed by atoms with Gasteiger partial charge in [0.15, 0.2) is 0 Å². The van der Waals surface area contributed by atoms with Crippen molar-refractivity contribution in [3.8, 4) is 0 Å². The van der Waals surface area contributed by atoms with Crippen molar-refractivity contribution in [3.05, 3.63) is 10.8 Å². The van der Waals surface area contributed by atoms with Crippen LogP contribution in [-0.4, -0.2) is 23.1 Å². The van der Waals surface area contributed by atoms with Gasteiger partial charge in [0.1, 0.15) is 22.4 Å². The molecule has 0 radical (unpaired) electrons. The fourth-order valence-corrected chi connectivity index (χ4v) is 1.87. The average molecular weight is 287 g/mol. The van der Waals surface area contributed by atoms with Crippen molar-refractivity contribution in [1.29, 1.82) is 0 Å². The molecule has 0 bridgehead atoms. The summed E-state index contributed by atoms with van der Waals surface area (Å²) in [6.07, 6.45) is 2.71. The van der Waals surface area contributed by atoms with Crippen LogP contribution in [0, 0.1) is 5.92 Å². The lowest BCUT2D eigenvalue weighted by atomic mass is 10.0. The number of hydrogen-bond acceptors (Lipinski definition) is 4. The molecule has 2 unspecified atom stereocenters. The molecule has 0 fully saturated rings. The molecule has 0 aromatic carbocycles. The van der Waals surface area contributed by atoms with E-state index in [1.807, 2.05) is 7.05 Å². The second kappa shape index (κ2) is 6.03. The largest absolute Gasteiger partial charge is 0.372 e. The van der Waals surface area contributed by atoms with Crippen molar-refractivity contribution in [2.24, 2.45) is 5.92 Å². The predicted molar refractivity (Wildman–Crippen MR) is 71.8 cm³/mol. The summed E-state index contributed by atoms with van der Waals surface area (Å²) < 4.78 is 0.882. The molecule has 5 heteroatoms. The molecule has 2 atom stereocenters. The Balaban J connectivity index is 2.81. The van der Waals surface area contributed by atoms with Crippen LogP contribution in [0.5, 0.6) is 0 Å². The van der Waals surface area contributed by atoms with Crippen LogP contribution < -0.4 is 10.6 Å². The van der Waals surface area contributed by atoms with Crippen molar-refractivity contribution in [1.82, 2.24) is 9.97 Å². The van der Waals surface area contributed by atoms with Crippen molar-refractivity contribution < 1.29 is 0 Å². The number of aromatic nitrogens is 2. The van der Waals surface area contributed by atoms with Crippen LogP contribution in [0.15, 0.2) is 10.8 Å². The normalized spacial score (nSPS) is 14.3. The summed E-state index contributed by atoms with van der Waals surface area (Å²) in [6.45, 7) is 6.59. The maximum absolute atomic E-state index is 4.23. The molecule has 0 aliphatic rings. The highest BCUT2D eigenvalue weighted by atomic mass is 79.9. The van der Waals surface area contributed by atoms with Crippen LogP contribution in [-0.2, 0) is 0 Å². The summed E-state index contributed by atoms with van der Waals surface area (Å²) in [5.74, 6) is 2.25.